The lowest BCUT2D eigenvalue weighted by Crippen LogP contribution is -2.30. The summed E-state index contributed by atoms with van der Waals surface area (Å²) < 4.78 is 5.32. The molecule has 2 aromatic rings. The predicted octanol–water partition coefficient (Wildman–Crippen LogP) is 4.39. The second-order valence-corrected chi connectivity index (χ2v) is 6.48. The van der Waals surface area contributed by atoms with Crippen LogP contribution in [0.3, 0.4) is 0 Å². The van der Waals surface area contributed by atoms with Crippen LogP contribution in [0, 0.1) is 0 Å². The van der Waals surface area contributed by atoms with E-state index < -0.39 is 0 Å². The van der Waals surface area contributed by atoms with E-state index in [1.165, 1.54) is 0 Å². The monoisotopic (exact) mass is 327 g/mol. The summed E-state index contributed by atoms with van der Waals surface area (Å²) in [5, 5.41) is 0. The smallest absolute Gasteiger partial charge is 0.255 e. The third kappa shape index (κ3) is 3.22. The number of nitrogens with zero attached hydrogens (tertiary/aromatic N) is 1. The number of carbonyl (C=O) groups is 1. The summed E-state index contributed by atoms with van der Waals surface area (Å²) in [5.74, 6) is 0.964. The minimum Gasteiger partial charge on any atom is -0.497 e. The quantitative estimate of drug-likeness (QED) is 0.780. The molecule has 0 saturated carbocycles. The second kappa shape index (κ2) is 7.09. The van der Waals surface area contributed by atoms with Crippen molar-refractivity contribution in [2.45, 2.75) is 23.8 Å². The highest BCUT2D eigenvalue weighted by Gasteiger charge is 2.31. The number of benzene rings is 2. The fourth-order valence-electron chi connectivity index (χ4n) is 3.18. The van der Waals surface area contributed by atoms with E-state index >= 15 is 0 Å². The van der Waals surface area contributed by atoms with Gasteiger partial charge in [-0.25, -0.2) is 0 Å². The molecule has 1 amide bonds. The Bertz CT molecular complexity index is 701. The van der Waals surface area contributed by atoms with Crippen molar-refractivity contribution in [3.05, 3.63) is 59.7 Å². The first kappa shape index (κ1) is 15.9. The number of hydrogen-bond donors (Lipinski definition) is 0. The van der Waals surface area contributed by atoms with Crippen molar-refractivity contribution in [2.75, 3.05) is 19.9 Å². The molecule has 1 fully saturated rings. The zero-order chi connectivity index (χ0) is 16.2. The maximum absolute atomic E-state index is 13.0. The molecule has 0 aromatic heterocycles. The number of rotatable bonds is 4. The van der Waals surface area contributed by atoms with Crippen LogP contribution in [0.5, 0.6) is 5.75 Å². The van der Waals surface area contributed by atoms with Gasteiger partial charge in [0.05, 0.1) is 18.7 Å². The van der Waals surface area contributed by atoms with Crippen LogP contribution < -0.4 is 4.74 Å². The second-order valence-electron chi connectivity index (χ2n) is 5.63. The van der Waals surface area contributed by atoms with E-state index in [9.17, 15) is 4.79 Å². The molecule has 1 aliphatic heterocycles. The first-order chi connectivity index (χ1) is 11.2. The van der Waals surface area contributed by atoms with E-state index in [1.807, 2.05) is 53.6 Å². The Hall–Kier alpha value is -1.94. The molecule has 0 aliphatic carbocycles. The van der Waals surface area contributed by atoms with Gasteiger partial charge in [0.15, 0.2) is 0 Å². The summed E-state index contributed by atoms with van der Waals surface area (Å²) in [6, 6.07) is 16.0. The van der Waals surface area contributed by atoms with Gasteiger partial charge in [0, 0.05) is 11.4 Å². The molecule has 1 atom stereocenters. The number of ether oxygens (including phenoxy) is 1. The summed E-state index contributed by atoms with van der Waals surface area (Å²) in [6.07, 6.45) is 4.05. The number of carbonyl (C=O) groups excluding carboxylic acids is 1. The minimum atomic E-state index is 0.125. The van der Waals surface area contributed by atoms with E-state index in [4.69, 9.17) is 4.74 Å². The fraction of sp³-hybridized carbons (Fsp3) is 0.316. The molecular weight excluding hydrogens is 306 g/mol. The first-order valence-corrected chi connectivity index (χ1v) is 9.05. The van der Waals surface area contributed by atoms with Crippen molar-refractivity contribution in [3.63, 3.8) is 0 Å². The van der Waals surface area contributed by atoms with E-state index in [2.05, 4.69) is 6.07 Å². The number of thioether (sulfide) groups is 1. The van der Waals surface area contributed by atoms with E-state index in [0.717, 1.165) is 41.2 Å². The summed E-state index contributed by atoms with van der Waals surface area (Å²) in [4.78, 5) is 16.1. The van der Waals surface area contributed by atoms with Gasteiger partial charge >= 0.3 is 0 Å². The predicted molar refractivity (Wildman–Crippen MR) is 94.2 cm³/mol. The van der Waals surface area contributed by atoms with Crippen LogP contribution in [0.2, 0.25) is 0 Å². The Morgan fingerprint density at radius 3 is 2.83 bits per heavy atom. The van der Waals surface area contributed by atoms with Gasteiger partial charge in [-0.3, -0.25) is 4.79 Å². The Morgan fingerprint density at radius 2 is 2.04 bits per heavy atom. The number of likely N-dealkylation sites (tertiary alicyclic amines) is 1. The lowest BCUT2D eigenvalue weighted by atomic mass is 10.0. The average molecular weight is 327 g/mol. The average Bonchev–Trinajstić information content (AvgIpc) is 3.10. The Labute approximate surface area is 141 Å². The summed E-state index contributed by atoms with van der Waals surface area (Å²) in [5.41, 5.74) is 1.95. The van der Waals surface area contributed by atoms with Crippen LogP contribution in [-0.2, 0) is 0 Å². The molecule has 0 bridgehead atoms. The Morgan fingerprint density at radius 1 is 1.22 bits per heavy atom. The first-order valence-electron chi connectivity index (χ1n) is 7.82. The number of methoxy groups -OCH3 is 1. The molecule has 4 heteroatoms. The lowest BCUT2D eigenvalue weighted by molar-refractivity contribution is 0.0732. The van der Waals surface area contributed by atoms with Gasteiger partial charge in [0.2, 0.25) is 0 Å². The molecule has 1 heterocycles. The molecule has 0 spiro atoms. The molecule has 3 rings (SSSR count). The van der Waals surface area contributed by atoms with E-state index in [1.54, 1.807) is 18.9 Å². The largest absolute Gasteiger partial charge is 0.497 e. The fourth-order valence-corrected chi connectivity index (χ4v) is 3.77. The zero-order valence-corrected chi connectivity index (χ0v) is 14.3. The number of amides is 1. The maximum atomic E-state index is 13.0. The van der Waals surface area contributed by atoms with Crippen molar-refractivity contribution in [2.24, 2.45) is 0 Å². The van der Waals surface area contributed by atoms with Gasteiger partial charge in [0.1, 0.15) is 5.75 Å². The van der Waals surface area contributed by atoms with E-state index in [-0.39, 0.29) is 11.9 Å². The van der Waals surface area contributed by atoms with Gasteiger partial charge in [-0.15, -0.1) is 11.8 Å². The van der Waals surface area contributed by atoms with Crippen LogP contribution in [0.15, 0.2) is 53.4 Å². The highest BCUT2D eigenvalue weighted by Crippen LogP contribution is 2.35. The Balaban J connectivity index is 1.90. The van der Waals surface area contributed by atoms with Crippen molar-refractivity contribution in [1.29, 1.82) is 0 Å². The zero-order valence-electron chi connectivity index (χ0n) is 13.5. The highest BCUT2D eigenvalue weighted by molar-refractivity contribution is 7.98. The molecule has 1 saturated heterocycles. The Kier molecular flexibility index (Phi) is 4.91. The van der Waals surface area contributed by atoms with Crippen LogP contribution >= 0.6 is 11.8 Å². The molecule has 0 N–H and O–H groups in total. The summed E-state index contributed by atoms with van der Waals surface area (Å²) in [6.45, 7) is 0.809. The molecule has 1 aliphatic rings. The minimum absolute atomic E-state index is 0.125. The van der Waals surface area contributed by atoms with Gasteiger partial charge in [-0.1, -0.05) is 24.3 Å². The van der Waals surface area contributed by atoms with Crippen LogP contribution in [-0.4, -0.2) is 30.7 Å². The molecule has 3 nitrogen and oxygen atoms in total. The molecule has 0 radical (unpaired) electrons. The van der Waals surface area contributed by atoms with E-state index in [0.29, 0.717) is 0 Å². The molecule has 120 valence electrons. The molecule has 23 heavy (non-hydrogen) atoms. The van der Waals surface area contributed by atoms with Gasteiger partial charge in [-0.05, 0) is 48.9 Å². The van der Waals surface area contributed by atoms with Gasteiger partial charge in [0.25, 0.3) is 5.91 Å². The third-order valence-electron chi connectivity index (χ3n) is 4.33. The SMILES string of the molecule is COc1cccc([C@H]2CCCN2C(=O)c2ccccc2SC)c1. The van der Waals surface area contributed by atoms with Crippen LogP contribution in [0.25, 0.3) is 0 Å². The normalized spacial score (nSPS) is 17.3. The van der Waals surface area contributed by atoms with Crippen molar-refractivity contribution >= 4 is 17.7 Å². The standard InChI is InChI=1S/C19H21NO2S/c1-22-15-8-5-7-14(13-15)17-10-6-12-20(17)19(21)16-9-3-4-11-18(16)23-2/h3-5,7-9,11,13,17H,6,10,12H2,1-2H3/t17-/m1/s1. The summed E-state index contributed by atoms with van der Waals surface area (Å²) in [7, 11) is 1.67. The van der Waals surface area contributed by atoms with Gasteiger partial charge in [-0.2, -0.15) is 0 Å². The van der Waals surface area contributed by atoms with Crippen LogP contribution in [0.4, 0.5) is 0 Å². The number of hydrogen-bond acceptors (Lipinski definition) is 3. The maximum Gasteiger partial charge on any atom is 0.255 e. The van der Waals surface area contributed by atoms with Crippen molar-refractivity contribution in [1.82, 2.24) is 4.90 Å². The highest BCUT2D eigenvalue weighted by atomic mass is 32.2. The molecule has 2 aromatic carbocycles. The lowest BCUT2D eigenvalue weighted by Gasteiger charge is -2.26. The van der Waals surface area contributed by atoms with Crippen LogP contribution in [0.1, 0.15) is 34.8 Å². The van der Waals surface area contributed by atoms with Crippen molar-refractivity contribution in [3.8, 4) is 5.75 Å². The third-order valence-corrected chi connectivity index (χ3v) is 5.13. The molecule has 0 unspecified atom stereocenters. The topological polar surface area (TPSA) is 29.5 Å². The summed E-state index contributed by atoms with van der Waals surface area (Å²) >= 11 is 1.62. The molecular formula is C19H21NO2S. The van der Waals surface area contributed by atoms with Crippen molar-refractivity contribution < 1.29 is 9.53 Å². The van der Waals surface area contributed by atoms with Gasteiger partial charge < -0.3 is 9.64 Å².